The van der Waals surface area contributed by atoms with Crippen LogP contribution in [-0.2, 0) is 14.2 Å². The molecule has 6 nitrogen and oxygen atoms in total. The zero-order valence-electron chi connectivity index (χ0n) is 11.6. The van der Waals surface area contributed by atoms with Crippen LogP contribution in [0.4, 0.5) is 4.79 Å². The van der Waals surface area contributed by atoms with Crippen molar-refractivity contribution < 1.29 is 24.1 Å². The number of carbonyl (C=O) groups is 1. The van der Waals surface area contributed by atoms with Gasteiger partial charge < -0.3 is 24.6 Å². The number of hydrogen-bond donors (Lipinski definition) is 2. The molecule has 1 unspecified atom stereocenters. The first kappa shape index (κ1) is 16.2. The highest BCUT2D eigenvalue weighted by Gasteiger charge is 2.17. The highest BCUT2D eigenvalue weighted by atomic mass is 16.7. The predicted octanol–water partition coefficient (Wildman–Crippen LogP) is 1.98. The molecule has 0 bridgehead atoms. The molecule has 1 amide bonds. The molecule has 0 spiro atoms. The fourth-order valence-electron chi connectivity index (χ4n) is 1.89. The molecule has 1 rings (SSSR count). The van der Waals surface area contributed by atoms with Crippen LogP contribution in [0.15, 0.2) is 0 Å². The minimum atomic E-state index is -0.976. The van der Waals surface area contributed by atoms with Crippen LogP contribution in [0.3, 0.4) is 0 Å². The summed E-state index contributed by atoms with van der Waals surface area (Å²) in [6.45, 7) is 4.41. The van der Waals surface area contributed by atoms with Gasteiger partial charge in [-0.25, -0.2) is 4.79 Å². The van der Waals surface area contributed by atoms with E-state index in [4.69, 9.17) is 19.3 Å². The molecule has 0 aromatic carbocycles. The van der Waals surface area contributed by atoms with Crippen LogP contribution >= 0.6 is 0 Å². The molecule has 0 radical (unpaired) electrons. The standard InChI is InChI=1S/C13H25NO5/c1-11(19-12-6-2-4-9-18-12)10-17-8-5-3-7-14-13(15)16/h11-12,14H,2-10H2,1H3,(H,15,16)/t11-,12?/m1/s1. The van der Waals surface area contributed by atoms with Crippen LogP contribution in [0.1, 0.15) is 39.0 Å². The lowest BCUT2D eigenvalue weighted by atomic mass is 10.2. The SMILES string of the molecule is C[C@H](COCCCCNC(=O)O)OC1CCCCO1. The highest BCUT2D eigenvalue weighted by Crippen LogP contribution is 2.15. The van der Waals surface area contributed by atoms with Crippen LogP contribution in [0.2, 0.25) is 0 Å². The molecule has 0 aliphatic carbocycles. The third-order valence-corrected chi connectivity index (χ3v) is 2.87. The van der Waals surface area contributed by atoms with E-state index in [1.165, 1.54) is 0 Å². The van der Waals surface area contributed by atoms with Crippen molar-refractivity contribution in [1.82, 2.24) is 5.32 Å². The second-order valence-electron chi connectivity index (χ2n) is 4.76. The Kier molecular flexibility index (Phi) is 8.53. The molecule has 1 aliphatic rings. The van der Waals surface area contributed by atoms with Gasteiger partial charge in [-0.15, -0.1) is 0 Å². The Morgan fingerprint density at radius 1 is 1.47 bits per heavy atom. The largest absolute Gasteiger partial charge is 0.465 e. The fourth-order valence-corrected chi connectivity index (χ4v) is 1.89. The lowest BCUT2D eigenvalue weighted by molar-refractivity contribution is -0.193. The lowest BCUT2D eigenvalue weighted by Gasteiger charge is -2.25. The average molecular weight is 275 g/mol. The number of nitrogens with one attached hydrogen (secondary N) is 1. The molecule has 2 atom stereocenters. The average Bonchev–Trinajstić information content (AvgIpc) is 2.38. The third kappa shape index (κ3) is 8.80. The number of amides is 1. The molecule has 1 saturated heterocycles. The molecule has 0 aromatic heterocycles. The molecule has 1 aliphatic heterocycles. The Labute approximate surface area is 114 Å². The second kappa shape index (κ2) is 10.00. The van der Waals surface area contributed by atoms with E-state index in [0.29, 0.717) is 19.8 Å². The summed E-state index contributed by atoms with van der Waals surface area (Å²) in [4.78, 5) is 10.2. The first-order chi connectivity index (χ1) is 9.18. The van der Waals surface area contributed by atoms with Gasteiger partial charge >= 0.3 is 6.09 Å². The first-order valence-corrected chi connectivity index (χ1v) is 7.00. The van der Waals surface area contributed by atoms with Gasteiger partial charge in [0.1, 0.15) is 0 Å². The smallest absolute Gasteiger partial charge is 0.404 e. The van der Waals surface area contributed by atoms with Crippen molar-refractivity contribution in [2.45, 2.75) is 51.4 Å². The number of hydrogen-bond acceptors (Lipinski definition) is 4. The van der Waals surface area contributed by atoms with Gasteiger partial charge in [-0.05, 0) is 39.0 Å². The van der Waals surface area contributed by atoms with E-state index in [-0.39, 0.29) is 12.4 Å². The number of ether oxygens (including phenoxy) is 3. The van der Waals surface area contributed by atoms with E-state index in [1.54, 1.807) is 0 Å². The van der Waals surface area contributed by atoms with Crippen LogP contribution in [0, 0.1) is 0 Å². The van der Waals surface area contributed by atoms with Crippen molar-refractivity contribution >= 4 is 6.09 Å². The Bertz CT molecular complexity index is 243. The maximum atomic E-state index is 10.2. The number of rotatable bonds is 9. The molecule has 0 aromatic rings. The Morgan fingerprint density at radius 2 is 2.32 bits per heavy atom. The molecule has 112 valence electrons. The molecule has 1 fully saturated rings. The second-order valence-corrected chi connectivity index (χ2v) is 4.76. The van der Waals surface area contributed by atoms with Crippen LogP contribution in [-0.4, -0.2) is 50.0 Å². The number of unbranched alkanes of at least 4 members (excludes halogenated alkanes) is 1. The summed E-state index contributed by atoms with van der Waals surface area (Å²) in [7, 11) is 0. The van der Waals surface area contributed by atoms with E-state index in [2.05, 4.69) is 5.32 Å². The summed E-state index contributed by atoms with van der Waals surface area (Å²) in [5.41, 5.74) is 0. The minimum absolute atomic E-state index is 0.0280. The zero-order valence-corrected chi connectivity index (χ0v) is 11.6. The van der Waals surface area contributed by atoms with Crippen molar-refractivity contribution in [1.29, 1.82) is 0 Å². The van der Waals surface area contributed by atoms with Gasteiger partial charge in [-0.2, -0.15) is 0 Å². The van der Waals surface area contributed by atoms with Gasteiger partial charge in [0.2, 0.25) is 0 Å². The summed E-state index contributed by atoms with van der Waals surface area (Å²) in [6.07, 6.45) is 3.85. The van der Waals surface area contributed by atoms with Crippen molar-refractivity contribution in [3.63, 3.8) is 0 Å². The Balaban J connectivity index is 1.89. The summed E-state index contributed by atoms with van der Waals surface area (Å²) in [5, 5.41) is 10.7. The normalized spacial score (nSPS) is 21.0. The van der Waals surface area contributed by atoms with E-state index in [9.17, 15) is 4.79 Å². The van der Waals surface area contributed by atoms with Crippen LogP contribution < -0.4 is 5.32 Å². The molecular weight excluding hydrogens is 250 g/mol. The topological polar surface area (TPSA) is 77.0 Å². The maximum absolute atomic E-state index is 10.2. The van der Waals surface area contributed by atoms with Crippen LogP contribution in [0.5, 0.6) is 0 Å². The number of carboxylic acid groups (broad SMARTS) is 1. The Morgan fingerprint density at radius 3 is 3.00 bits per heavy atom. The molecule has 0 saturated carbocycles. The molecule has 19 heavy (non-hydrogen) atoms. The van der Waals surface area contributed by atoms with Crippen molar-refractivity contribution in [3.05, 3.63) is 0 Å². The first-order valence-electron chi connectivity index (χ1n) is 7.00. The van der Waals surface area contributed by atoms with E-state index >= 15 is 0 Å². The maximum Gasteiger partial charge on any atom is 0.404 e. The van der Waals surface area contributed by atoms with Crippen molar-refractivity contribution in [3.8, 4) is 0 Å². The van der Waals surface area contributed by atoms with Gasteiger partial charge in [-0.1, -0.05) is 0 Å². The fraction of sp³-hybridized carbons (Fsp3) is 0.923. The predicted molar refractivity (Wildman–Crippen MR) is 70.2 cm³/mol. The van der Waals surface area contributed by atoms with Crippen molar-refractivity contribution in [2.75, 3.05) is 26.4 Å². The summed E-state index contributed by atoms with van der Waals surface area (Å²) < 4.78 is 16.7. The quantitative estimate of drug-likeness (QED) is 0.629. The van der Waals surface area contributed by atoms with Gasteiger partial charge in [0.25, 0.3) is 0 Å². The summed E-state index contributed by atoms with van der Waals surface area (Å²) in [5.74, 6) is 0. The van der Waals surface area contributed by atoms with Gasteiger partial charge in [-0.3, -0.25) is 0 Å². The lowest BCUT2D eigenvalue weighted by Crippen LogP contribution is -2.29. The van der Waals surface area contributed by atoms with Gasteiger partial charge in [0.15, 0.2) is 6.29 Å². The van der Waals surface area contributed by atoms with Crippen LogP contribution in [0.25, 0.3) is 0 Å². The molecule has 2 N–H and O–H groups in total. The Hall–Kier alpha value is -0.850. The minimum Gasteiger partial charge on any atom is -0.465 e. The van der Waals surface area contributed by atoms with Gasteiger partial charge in [0, 0.05) is 19.8 Å². The van der Waals surface area contributed by atoms with E-state index in [0.717, 1.165) is 38.7 Å². The van der Waals surface area contributed by atoms with E-state index in [1.807, 2.05) is 6.92 Å². The monoisotopic (exact) mass is 275 g/mol. The van der Waals surface area contributed by atoms with E-state index < -0.39 is 6.09 Å². The third-order valence-electron chi connectivity index (χ3n) is 2.87. The molecular formula is C13H25NO5. The van der Waals surface area contributed by atoms with Crippen molar-refractivity contribution in [2.24, 2.45) is 0 Å². The molecule has 6 heteroatoms. The zero-order chi connectivity index (χ0) is 13.9. The molecule has 1 heterocycles. The summed E-state index contributed by atoms with van der Waals surface area (Å²) in [6, 6.07) is 0. The highest BCUT2D eigenvalue weighted by molar-refractivity contribution is 5.64. The summed E-state index contributed by atoms with van der Waals surface area (Å²) >= 11 is 0. The van der Waals surface area contributed by atoms with Gasteiger partial charge in [0.05, 0.1) is 12.7 Å².